The van der Waals surface area contributed by atoms with E-state index in [1.807, 2.05) is 13.8 Å². The molecule has 0 saturated heterocycles. The zero-order chi connectivity index (χ0) is 10.3. The minimum absolute atomic E-state index is 0.148. The number of methoxy groups -OCH3 is 1. The molecule has 2 unspecified atom stereocenters. The van der Waals surface area contributed by atoms with Crippen LogP contribution in [-0.4, -0.2) is 37.4 Å². The molecular formula is C9H19NO3. The van der Waals surface area contributed by atoms with E-state index in [1.54, 1.807) is 7.11 Å². The third-order valence-electron chi connectivity index (χ3n) is 2.15. The van der Waals surface area contributed by atoms with Crippen LogP contribution in [0.5, 0.6) is 0 Å². The lowest BCUT2D eigenvalue weighted by Crippen LogP contribution is -2.43. The van der Waals surface area contributed by atoms with Gasteiger partial charge < -0.3 is 15.2 Å². The fraction of sp³-hybridized carbons (Fsp3) is 0.889. The van der Waals surface area contributed by atoms with Gasteiger partial charge in [0.15, 0.2) is 0 Å². The molecule has 0 aromatic carbocycles. The van der Waals surface area contributed by atoms with Crippen LogP contribution in [0.15, 0.2) is 0 Å². The lowest BCUT2D eigenvalue weighted by molar-refractivity contribution is -0.140. The highest BCUT2D eigenvalue weighted by molar-refractivity contribution is 5.73. The number of nitrogens with one attached hydrogen (secondary N) is 1. The summed E-state index contributed by atoms with van der Waals surface area (Å²) in [5.74, 6) is -0.639. The monoisotopic (exact) mass is 189 g/mol. The third-order valence-corrected chi connectivity index (χ3v) is 2.15. The average molecular weight is 189 g/mol. The van der Waals surface area contributed by atoms with Gasteiger partial charge in [0.2, 0.25) is 0 Å². The summed E-state index contributed by atoms with van der Waals surface area (Å²) in [6.45, 7) is 5.04. The van der Waals surface area contributed by atoms with E-state index in [0.717, 1.165) is 6.42 Å². The molecule has 0 aromatic rings. The lowest BCUT2D eigenvalue weighted by atomic mass is 9.99. The molecule has 0 aliphatic carbocycles. The van der Waals surface area contributed by atoms with E-state index in [2.05, 4.69) is 5.32 Å². The van der Waals surface area contributed by atoms with Gasteiger partial charge in [0.1, 0.15) is 6.04 Å². The fourth-order valence-electron chi connectivity index (χ4n) is 1.08. The lowest BCUT2D eigenvalue weighted by Gasteiger charge is -2.19. The number of carboxylic acid groups (broad SMARTS) is 1. The zero-order valence-corrected chi connectivity index (χ0v) is 8.54. The maximum atomic E-state index is 10.8. The van der Waals surface area contributed by atoms with E-state index in [4.69, 9.17) is 9.84 Å². The van der Waals surface area contributed by atoms with Crippen molar-refractivity contribution in [2.75, 3.05) is 20.3 Å². The second kappa shape index (κ2) is 6.86. The topological polar surface area (TPSA) is 58.6 Å². The van der Waals surface area contributed by atoms with Crippen LogP contribution in [0.4, 0.5) is 0 Å². The number of carboxylic acids is 1. The highest BCUT2D eigenvalue weighted by Crippen LogP contribution is 2.07. The SMILES string of the molecule is CCC(C)C(NCCOC)C(=O)O. The standard InChI is InChI=1S/C9H19NO3/c1-4-7(2)8(9(11)12)10-5-6-13-3/h7-8,10H,4-6H2,1-3H3,(H,11,12). The largest absolute Gasteiger partial charge is 0.480 e. The van der Waals surface area contributed by atoms with E-state index in [-0.39, 0.29) is 5.92 Å². The number of aliphatic carboxylic acids is 1. The molecular weight excluding hydrogens is 170 g/mol. The summed E-state index contributed by atoms with van der Waals surface area (Å²) in [6.07, 6.45) is 0.858. The molecule has 0 spiro atoms. The average Bonchev–Trinajstić information content (AvgIpc) is 2.11. The molecule has 0 aliphatic rings. The number of carbonyl (C=O) groups is 1. The highest BCUT2D eigenvalue weighted by Gasteiger charge is 2.21. The van der Waals surface area contributed by atoms with Crippen LogP contribution in [0.3, 0.4) is 0 Å². The molecule has 0 amide bonds. The number of hydrogen-bond donors (Lipinski definition) is 2. The van der Waals surface area contributed by atoms with Crippen LogP contribution < -0.4 is 5.32 Å². The predicted octanol–water partition coefficient (Wildman–Crippen LogP) is 0.722. The molecule has 0 saturated carbocycles. The van der Waals surface area contributed by atoms with E-state index in [0.29, 0.717) is 13.2 Å². The van der Waals surface area contributed by atoms with Crippen molar-refractivity contribution >= 4 is 5.97 Å². The Balaban J connectivity index is 3.88. The molecule has 0 radical (unpaired) electrons. The van der Waals surface area contributed by atoms with Crippen molar-refractivity contribution in [3.05, 3.63) is 0 Å². The molecule has 13 heavy (non-hydrogen) atoms. The highest BCUT2D eigenvalue weighted by atomic mass is 16.5. The predicted molar refractivity (Wildman–Crippen MR) is 50.8 cm³/mol. The Morgan fingerprint density at radius 1 is 1.62 bits per heavy atom. The molecule has 0 aromatic heterocycles. The van der Waals surface area contributed by atoms with Gasteiger partial charge in [-0.05, 0) is 5.92 Å². The summed E-state index contributed by atoms with van der Waals surface area (Å²) in [5, 5.41) is 11.8. The van der Waals surface area contributed by atoms with Gasteiger partial charge in [0.05, 0.1) is 6.61 Å². The molecule has 78 valence electrons. The van der Waals surface area contributed by atoms with Crippen molar-refractivity contribution in [3.63, 3.8) is 0 Å². The molecule has 4 nitrogen and oxygen atoms in total. The summed E-state index contributed by atoms with van der Waals surface area (Å²) in [4.78, 5) is 10.8. The number of rotatable bonds is 7. The molecule has 0 heterocycles. The Kier molecular flexibility index (Phi) is 6.54. The van der Waals surface area contributed by atoms with Crippen molar-refractivity contribution in [3.8, 4) is 0 Å². The Labute approximate surface area is 79.3 Å². The maximum absolute atomic E-state index is 10.8. The maximum Gasteiger partial charge on any atom is 0.320 e. The molecule has 0 aliphatic heterocycles. The third kappa shape index (κ3) is 4.85. The van der Waals surface area contributed by atoms with Gasteiger partial charge in [-0.15, -0.1) is 0 Å². The molecule has 4 heteroatoms. The second-order valence-electron chi connectivity index (χ2n) is 3.15. The summed E-state index contributed by atoms with van der Waals surface area (Å²) in [5.41, 5.74) is 0. The summed E-state index contributed by atoms with van der Waals surface area (Å²) in [6, 6.07) is -0.458. The zero-order valence-electron chi connectivity index (χ0n) is 8.54. The first-order valence-electron chi connectivity index (χ1n) is 4.58. The molecule has 2 N–H and O–H groups in total. The van der Waals surface area contributed by atoms with Gasteiger partial charge >= 0.3 is 5.97 Å². The van der Waals surface area contributed by atoms with Crippen LogP contribution in [0, 0.1) is 5.92 Å². The first-order valence-corrected chi connectivity index (χ1v) is 4.58. The van der Waals surface area contributed by atoms with Gasteiger partial charge in [-0.25, -0.2) is 0 Å². The molecule has 0 fully saturated rings. The molecule has 0 bridgehead atoms. The minimum Gasteiger partial charge on any atom is -0.480 e. The first-order chi connectivity index (χ1) is 6.13. The van der Waals surface area contributed by atoms with Crippen molar-refractivity contribution < 1.29 is 14.6 Å². The van der Waals surface area contributed by atoms with Gasteiger partial charge in [0, 0.05) is 13.7 Å². The summed E-state index contributed by atoms with van der Waals surface area (Å²) in [7, 11) is 1.60. The Hall–Kier alpha value is -0.610. The van der Waals surface area contributed by atoms with Crippen LogP contribution in [0.1, 0.15) is 20.3 Å². The second-order valence-corrected chi connectivity index (χ2v) is 3.15. The summed E-state index contributed by atoms with van der Waals surface area (Å²) < 4.78 is 4.83. The van der Waals surface area contributed by atoms with Crippen molar-refractivity contribution in [1.82, 2.24) is 5.32 Å². The minimum atomic E-state index is -0.787. The normalized spacial score (nSPS) is 15.3. The van der Waals surface area contributed by atoms with Crippen LogP contribution >= 0.6 is 0 Å². The van der Waals surface area contributed by atoms with Crippen LogP contribution in [0.2, 0.25) is 0 Å². The number of ether oxygens (including phenoxy) is 1. The Morgan fingerprint density at radius 2 is 2.23 bits per heavy atom. The van der Waals surface area contributed by atoms with Crippen molar-refractivity contribution in [2.45, 2.75) is 26.3 Å². The Morgan fingerprint density at radius 3 is 2.62 bits per heavy atom. The van der Waals surface area contributed by atoms with E-state index >= 15 is 0 Å². The van der Waals surface area contributed by atoms with Crippen molar-refractivity contribution in [1.29, 1.82) is 0 Å². The van der Waals surface area contributed by atoms with Gasteiger partial charge in [-0.2, -0.15) is 0 Å². The van der Waals surface area contributed by atoms with Crippen molar-refractivity contribution in [2.24, 2.45) is 5.92 Å². The van der Waals surface area contributed by atoms with E-state index < -0.39 is 12.0 Å². The first kappa shape index (κ1) is 12.4. The van der Waals surface area contributed by atoms with Gasteiger partial charge in [-0.3, -0.25) is 4.79 Å². The fourth-order valence-corrected chi connectivity index (χ4v) is 1.08. The van der Waals surface area contributed by atoms with E-state index in [1.165, 1.54) is 0 Å². The van der Waals surface area contributed by atoms with E-state index in [9.17, 15) is 4.79 Å². The molecule has 2 atom stereocenters. The van der Waals surface area contributed by atoms with Crippen LogP contribution in [-0.2, 0) is 9.53 Å². The quantitative estimate of drug-likeness (QED) is 0.579. The molecule has 0 rings (SSSR count). The smallest absolute Gasteiger partial charge is 0.320 e. The summed E-state index contributed by atoms with van der Waals surface area (Å²) >= 11 is 0. The van der Waals surface area contributed by atoms with Crippen LogP contribution in [0.25, 0.3) is 0 Å². The Bertz CT molecular complexity index is 150. The van der Waals surface area contributed by atoms with Gasteiger partial charge in [-0.1, -0.05) is 20.3 Å². The van der Waals surface area contributed by atoms with Gasteiger partial charge in [0.25, 0.3) is 0 Å². The number of hydrogen-bond acceptors (Lipinski definition) is 3.